The van der Waals surface area contributed by atoms with Gasteiger partial charge in [-0.2, -0.15) is 0 Å². The monoisotopic (exact) mass is 253 g/mol. The topological polar surface area (TPSA) is 36.4 Å². The van der Waals surface area contributed by atoms with Gasteiger partial charge in [-0.25, -0.2) is 4.98 Å². The van der Waals surface area contributed by atoms with Crippen LogP contribution in [-0.2, 0) is 11.3 Å². The lowest BCUT2D eigenvalue weighted by Crippen LogP contribution is -2.34. The molecule has 4 nitrogen and oxygen atoms in total. The molecule has 1 saturated heterocycles. The molecule has 1 aromatic heterocycles. The molecule has 5 heteroatoms. The summed E-state index contributed by atoms with van der Waals surface area (Å²) >= 11 is 5.84. The van der Waals surface area contributed by atoms with E-state index in [4.69, 9.17) is 11.6 Å². The first kappa shape index (κ1) is 12.3. The van der Waals surface area contributed by atoms with Gasteiger partial charge in [0.05, 0.1) is 12.2 Å². The number of hydrogen-bond acceptors (Lipinski definition) is 3. The number of aromatic nitrogens is 1. The van der Waals surface area contributed by atoms with E-state index in [1.807, 2.05) is 19.2 Å². The fourth-order valence-corrected chi connectivity index (χ4v) is 2.13. The Morgan fingerprint density at radius 3 is 3.00 bits per heavy atom. The number of pyridine rings is 1. The number of rotatable bonds is 2. The molecule has 2 heterocycles. The van der Waals surface area contributed by atoms with Gasteiger partial charge in [0.25, 0.3) is 0 Å². The van der Waals surface area contributed by atoms with Gasteiger partial charge in [0.15, 0.2) is 0 Å². The van der Waals surface area contributed by atoms with Crippen molar-refractivity contribution in [3.05, 3.63) is 29.0 Å². The maximum absolute atomic E-state index is 11.7. The molecule has 0 atom stereocenters. The number of hydrogen-bond donors (Lipinski definition) is 0. The van der Waals surface area contributed by atoms with Gasteiger partial charge in [-0.1, -0.05) is 17.7 Å². The molecule has 1 aliphatic heterocycles. The first-order valence-corrected chi connectivity index (χ1v) is 6.11. The van der Waals surface area contributed by atoms with Gasteiger partial charge in [0.1, 0.15) is 5.15 Å². The number of halogens is 1. The summed E-state index contributed by atoms with van der Waals surface area (Å²) in [6.07, 6.45) is 1.00. The van der Waals surface area contributed by atoms with Gasteiger partial charge < -0.3 is 4.90 Å². The van der Waals surface area contributed by atoms with Gasteiger partial charge in [0, 0.05) is 26.7 Å². The minimum Gasteiger partial charge on any atom is -0.345 e. The summed E-state index contributed by atoms with van der Waals surface area (Å²) in [6.45, 7) is 2.90. The van der Waals surface area contributed by atoms with Crippen LogP contribution in [0, 0.1) is 0 Å². The van der Waals surface area contributed by atoms with Crippen LogP contribution < -0.4 is 0 Å². The zero-order valence-corrected chi connectivity index (χ0v) is 10.7. The number of amides is 1. The molecule has 0 radical (unpaired) electrons. The predicted molar refractivity (Wildman–Crippen MR) is 66.8 cm³/mol. The van der Waals surface area contributed by atoms with E-state index in [0.717, 1.165) is 25.2 Å². The smallest absolute Gasteiger partial charge is 0.236 e. The molecule has 1 aromatic rings. The molecule has 0 aliphatic carbocycles. The summed E-state index contributed by atoms with van der Waals surface area (Å²) in [6, 6.07) is 5.58. The number of likely N-dealkylation sites (N-methyl/N-ethyl adjacent to an activating group) is 1. The summed E-state index contributed by atoms with van der Waals surface area (Å²) in [5, 5.41) is 0.501. The van der Waals surface area contributed by atoms with Crippen LogP contribution in [0.2, 0.25) is 5.15 Å². The van der Waals surface area contributed by atoms with E-state index in [-0.39, 0.29) is 5.91 Å². The van der Waals surface area contributed by atoms with Gasteiger partial charge in [-0.15, -0.1) is 0 Å². The van der Waals surface area contributed by atoms with Gasteiger partial charge >= 0.3 is 0 Å². The Hall–Kier alpha value is -1.13. The molecule has 92 valence electrons. The minimum absolute atomic E-state index is 0.171. The molecule has 1 amide bonds. The second kappa shape index (κ2) is 5.47. The van der Waals surface area contributed by atoms with Crippen LogP contribution in [0.1, 0.15) is 12.1 Å². The van der Waals surface area contributed by atoms with Crippen molar-refractivity contribution < 1.29 is 4.79 Å². The Morgan fingerprint density at radius 1 is 1.41 bits per heavy atom. The van der Waals surface area contributed by atoms with Crippen LogP contribution in [0.25, 0.3) is 0 Å². The summed E-state index contributed by atoms with van der Waals surface area (Å²) < 4.78 is 0. The van der Waals surface area contributed by atoms with E-state index in [0.29, 0.717) is 18.2 Å². The van der Waals surface area contributed by atoms with Crippen molar-refractivity contribution in [3.8, 4) is 0 Å². The first-order chi connectivity index (χ1) is 8.15. The van der Waals surface area contributed by atoms with Crippen molar-refractivity contribution >= 4 is 17.5 Å². The van der Waals surface area contributed by atoms with E-state index >= 15 is 0 Å². The summed E-state index contributed by atoms with van der Waals surface area (Å²) in [7, 11) is 1.85. The van der Waals surface area contributed by atoms with Crippen LogP contribution in [0.4, 0.5) is 0 Å². The lowest BCUT2D eigenvalue weighted by atomic mass is 10.3. The average Bonchev–Trinajstić information content (AvgIpc) is 2.42. The average molecular weight is 254 g/mol. The van der Waals surface area contributed by atoms with Crippen molar-refractivity contribution in [1.29, 1.82) is 0 Å². The Bertz CT molecular complexity index is 410. The third-order valence-electron chi connectivity index (χ3n) is 2.91. The highest BCUT2D eigenvalue weighted by Crippen LogP contribution is 2.10. The quantitative estimate of drug-likeness (QED) is 0.748. The maximum atomic E-state index is 11.7. The molecule has 2 rings (SSSR count). The van der Waals surface area contributed by atoms with Crippen molar-refractivity contribution in [2.75, 3.05) is 26.7 Å². The van der Waals surface area contributed by atoms with Gasteiger partial charge in [-0.05, 0) is 18.6 Å². The Balaban J connectivity index is 2.01. The van der Waals surface area contributed by atoms with Crippen LogP contribution in [0.3, 0.4) is 0 Å². The molecule has 1 aliphatic rings. The second-order valence-corrected chi connectivity index (χ2v) is 4.72. The second-order valence-electron chi connectivity index (χ2n) is 4.33. The summed E-state index contributed by atoms with van der Waals surface area (Å²) in [5.74, 6) is 0.171. The van der Waals surface area contributed by atoms with E-state index in [1.54, 1.807) is 11.0 Å². The largest absolute Gasteiger partial charge is 0.345 e. The predicted octanol–water partition coefficient (Wildman–Crippen LogP) is 1.40. The van der Waals surface area contributed by atoms with Gasteiger partial charge in [-0.3, -0.25) is 9.69 Å². The van der Waals surface area contributed by atoms with E-state index in [2.05, 4.69) is 9.88 Å². The zero-order valence-electron chi connectivity index (χ0n) is 9.90. The maximum Gasteiger partial charge on any atom is 0.236 e. The van der Waals surface area contributed by atoms with Gasteiger partial charge in [0.2, 0.25) is 5.91 Å². The van der Waals surface area contributed by atoms with Crippen molar-refractivity contribution in [3.63, 3.8) is 0 Å². The van der Waals surface area contributed by atoms with E-state index in [9.17, 15) is 4.79 Å². The highest BCUT2D eigenvalue weighted by Gasteiger charge is 2.19. The van der Waals surface area contributed by atoms with Crippen molar-refractivity contribution in [2.45, 2.75) is 13.0 Å². The molecule has 0 spiro atoms. The molecular formula is C12H16ClN3O. The Kier molecular flexibility index (Phi) is 3.97. The third kappa shape index (κ3) is 3.41. The van der Waals surface area contributed by atoms with Crippen molar-refractivity contribution in [1.82, 2.24) is 14.8 Å². The molecule has 0 N–H and O–H groups in total. The zero-order chi connectivity index (χ0) is 12.3. The lowest BCUT2D eigenvalue weighted by Gasteiger charge is -2.18. The normalized spacial score (nSPS) is 18.2. The lowest BCUT2D eigenvalue weighted by molar-refractivity contribution is -0.130. The van der Waals surface area contributed by atoms with Crippen LogP contribution in [0.15, 0.2) is 18.2 Å². The number of carbonyl (C=O) groups excluding carboxylic acids is 1. The highest BCUT2D eigenvalue weighted by atomic mass is 35.5. The summed E-state index contributed by atoms with van der Waals surface area (Å²) in [5.41, 5.74) is 0.912. The number of carbonyl (C=O) groups is 1. The molecule has 0 unspecified atom stereocenters. The standard InChI is InChI=1S/C12H16ClN3O/c1-15-6-3-7-16(9-12(15)17)8-10-4-2-5-11(13)14-10/h2,4-5H,3,6-9H2,1H3. The molecule has 17 heavy (non-hydrogen) atoms. The minimum atomic E-state index is 0.171. The molecule has 1 fully saturated rings. The highest BCUT2D eigenvalue weighted by molar-refractivity contribution is 6.29. The first-order valence-electron chi connectivity index (χ1n) is 5.73. The summed E-state index contributed by atoms with van der Waals surface area (Å²) in [4.78, 5) is 19.9. The van der Waals surface area contributed by atoms with Crippen LogP contribution in [0.5, 0.6) is 0 Å². The third-order valence-corrected chi connectivity index (χ3v) is 3.12. The van der Waals surface area contributed by atoms with Crippen molar-refractivity contribution in [2.24, 2.45) is 0 Å². The molecular weight excluding hydrogens is 238 g/mol. The Morgan fingerprint density at radius 2 is 2.24 bits per heavy atom. The van der Waals surface area contributed by atoms with E-state index < -0.39 is 0 Å². The number of nitrogens with zero attached hydrogens (tertiary/aromatic N) is 3. The van der Waals surface area contributed by atoms with Crippen LogP contribution >= 0.6 is 11.6 Å². The molecule has 0 bridgehead atoms. The molecule has 0 saturated carbocycles. The van der Waals surface area contributed by atoms with E-state index in [1.165, 1.54) is 0 Å². The Labute approximate surface area is 106 Å². The SMILES string of the molecule is CN1CCCN(Cc2cccc(Cl)n2)CC1=O. The fourth-order valence-electron chi connectivity index (χ4n) is 1.95. The fraction of sp³-hybridized carbons (Fsp3) is 0.500. The molecule has 0 aromatic carbocycles. The van der Waals surface area contributed by atoms with Crippen LogP contribution in [-0.4, -0.2) is 47.4 Å².